The number of hydrogen-bond donors (Lipinski definition) is 4. The van der Waals surface area contributed by atoms with Crippen molar-refractivity contribution in [3.63, 3.8) is 0 Å². The minimum atomic E-state index is -4.72. The van der Waals surface area contributed by atoms with E-state index in [0.29, 0.717) is 11.6 Å². The van der Waals surface area contributed by atoms with Crippen LogP contribution in [0.15, 0.2) is 36.5 Å². The molecule has 0 saturated carbocycles. The minimum Gasteiger partial charge on any atom is -0.481 e. The number of carbonyl (C=O) groups is 1. The highest BCUT2D eigenvalue weighted by Crippen LogP contribution is 2.39. The number of aliphatic hydroxyl groups excluding tert-OH is 1. The van der Waals surface area contributed by atoms with Crippen LogP contribution in [0.2, 0.25) is 0 Å². The molecule has 2 aromatic heterocycles. The second-order valence-electron chi connectivity index (χ2n) is 7.21. The van der Waals surface area contributed by atoms with E-state index in [-0.39, 0.29) is 47.7 Å². The van der Waals surface area contributed by atoms with E-state index in [1.165, 1.54) is 12.3 Å². The van der Waals surface area contributed by atoms with E-state index < -0.39 is 29.0 Å². The first-order valence-electron chi connectivity index (χ1n) is 9.79. The SMILES string of the molecule is Cc1ccccc1-c1nc(C(=O)Nc2cnsc2OCC(CN)CO)c(N)cc1C(F)(F)F. The maximum absolute atomic E-state index is 13.7. The Morgan fingerprint density at radius 2 is 2.06 bits per heavy atom. The average molecular weight is 482 g/mol. The third kappa shape index (κ3) is 5.59. The number of nitrogens with zero attached hydrogens (tertiary/aromatic N) is 2. The number of aryl methyl sites for hydroxylation is 1. The molecule has 8 nitrogen and oxygen atoms in total. The van der Waals surface area contributed by atoms with Crippen LogP contribution in [0.3, 0.4) is 0 Å². The van der Waals surface area contributed by atoms with Crippen molar-refractivity contribution in [3.8, 4) is 16.3 Å². The first kappa shape index (κ1) is 24.4. The molecule has 1 aromatic carbocycles. The van der Waals surface area contributed by atoms with Crippen LogP contribution in [-0.4, -0.2) is 40.1 Å². The number of carbonyl (C=O) groups excluding carboxylic acids is 1. The maximum atomic E-state index is 13.7. The Morgan fingerprint density at radius 1 is 1.33 bits per heavy atom. The van der Waals surface area contributed by atoms with Gasteiger partial charge in [-0.2, -0.15) is 17.5 Å². The molecule has 2 heterocycles. The van der Waals surface area contributed by atoms with E-state index in [2.05, 4.69) is 14.7 Å². The second-order valence-corrected chi connectivity index (χ2v) is 7.98. The Labute approximate surface area is 191 Å². The van der Waals surface area contributed by atoms with Crippen LogP contribution in [0.4, 0.5) is 24.5 Å². The van der Waals surface area contributed by atoms with Gasteiger partial charge in [0.2, 0.25) is 5.06 Å². The van der Waals surface area contributed by atoms with E-state index in [9.17, 15) is 23.1 Å². The van der Waals surface area contributed by atoms with Gasteiger partial charge >= 0.3 is 6.18 Å². The number of aromatic nitrogens is 2. The number of ether oxygens (including phenoxy) is 1. The molecule has 3 rings (SSSR count). The molecule has 1 amide bonds. The molecule has 0 spiro atoms. The summed E-state index contributed by atoms with van der Waals surface area (Å²) in [6, 6.07) is 7.12. The molecule has 0 bridgehead atoms. The van der Waals surface area contributed by atoms with Gasteiger partial charge in [-0.05, 0) is 18.6 Å². The molecule has 0 aliphatic rings. The number of hydrogen-bond acceptors (Lipinski definition) is 8. The number of anilines is 2. The summed E-state index contributed by atoms with van der Waals surface area (Å²) in [6.45, 7) is 1.76. The molecule has 1 unspecified atom stereocenters. The molecule has 0 aliphatic heterocycles. The standard InChI is InChI=1S/C21H22F3N5O3S/c1-11-4-2-3-5-13(11)17-14(21(22,23)24)6-15(26)18(29-17)19(31)28-16-8-27-33-20(16)32-10-12(7-25)9-30/h2-6,8,12,30H,7,9-10,25-26H2,1H3,(H,28,31). The monoisotopic (exact) mass is 481 g/mol. The van der Waals surface area contributed by atoms with Crippen molar-refractivity contribution in [3.05, 3.63) is 53.3 Å². The molecule has 0 fully saturated rings. The Kier molecular flexibility index (Phi) is 7.51. The highest BCUT2D eigenvalue weighted by atomic mass is 32.1. The number of alkyl halides is 3. The zero-order valence-corrected chi connectivity index (χ0v) is 18.3. The van der Waals surface area contributed by atoms with Crippen LogP contribution in [0.25, 0.3) is 11.3 Å². The maximum Gasteiger partial charge on any atom is 0.418 e. The number of pyridine rings is 1. The Hall–Kier alpha value is -3.22. The number of amides is 1. The zero-order valence-electron chi connectivity index (χ0n) is 17.5. The van der Waals surface area contributed by atoms with Gasteiger partial charge in [-0.3, -0.25) is 4.79 Å². The topological polar surface area (TPSA) is 136 Å². The lowest BCUT2D eigenvalue weighted by Gasteiger charge is -2.17. The van der Waals surface area contributed by atoms with E-state index in [0.717, 1.165) is 11.5 Å². The molecular weight excluding hydrogens is 459 g/mol. The minimum absolute atomic E-state index is 0.0934. The van der Waals surface area contributed by atoms with Crippen LogP contribution in [-0.2, 0) is 6.18 Å². The Morgan fingerprint density at radius 3 is 2.70 bits per heavy atom. The number of benzene rings is 1. The van der Waals surface area contributed by atoms with E-state index in [1.54, 1.807) is 25.1 Å². The summed E-state index contributed by atoms with van der Waals surface area (Å²) in [7, 11) is 0. The zero-order chi connectivity index (χ0) is 24.2. The second kappa shape index (κ2) is 10.1. The van der Waals surface area contributed by atoms with Crippen molar-refractivity contribution in [1.82, 2.24) is 9.36 Å². The van der Waals surface area contributed by atoms with Crippen LogP contribution >= 0.6 is 11.5 Å². The van der Waals surface area contributed by atoms with Gasteiger partial charge in [0.15, 0.2) is 5.69 Å². The van der Waals surface area contributed by atoms with Crippen molar-refractivity contribution in [2.75, 3.05) is 30.8 Å². The fraction of sp³-hybridized carbons (Fsp3) is 0.286. The van der Waals surface area contributed by atoms with Gasteiger partial charge in [0.1, 0.15) is 5.69 Å². The molecule has 1 atom stereocenters. The summed E-state index contributed by atoms with van der Waals surface area (Å²) >= 11 is 0.952. The molecule has 0 radical (unpaired) electrons. The summed E-state index contributed by atoms with van der Waals surface area (Å²) in [5.74, 6) is -1.13. The first-order valence-corrected chi connectivity index (χ1v) is 10.6. The van der Waals surface area contributed by atoms with Gasteiger partial charge in [0.05, 0.1) is 36.4 Å². The normalized spacial score (nSPS) is 12.4. The van der Waals surface area contributed by atoms with Crippen LogP contribution in [0, 0.1) is 12.8 Å². The average Bonchev–Trinajstić information content (AvgIpc) is 3.21. The van der Waals surface area contributed by atoms with E-state index >= 15 is 0 Å². The summed E-state index contributed by atoms with van der Waals surface area (Å²) in [5.41, 5.74) is 10.1. The lowest BCUT2D eigenvalue weighted by molar-refractivity contribution is -0.137. The van der Waals surface area contributed by atoms with Crippen molar-refractivity contribution in [1.29, 1.82) is 0 Å². The third-order valence-corrected chi connectivity index (χ3v) is 5.51. The van der Waals surface area contributed by atoms with Gasteiger partial charge in [0, 0.05) is 29.6 Å². The van der Waals surface area contributed by atoms with Gasteiger partial charge < -0.3 is 26.6 Å². The predicted octanol–water partition coefficient (Wildman–Crippen LogP) is 3.31. The fourth-order valence-electron chi connectivity index (χ4n) is 2.96. The number of halogens is 3. The number of nitrogens with two attached hydrogens (primary N) is 2. The number of nitrogens with one attached hydrogen (secondary N) is 1. The lowest BCUT2D eigenvalue weighted by atomic mass is 9.99. The largest absolute Gasteiger partial charge is 0.481 e. The van der Waals surface area contributed by atoms with Gasteiger partial charge in [-0.1, -0.05) is 24.3 Å². The summed E-state index contributed by atoms with van der Waals surface area (Å²) < 4.78 is 50.6. The highest BCUT2D eigenvalue weighted by Gasteiger charge is 2.36. The van der Waals surface area contributed by atoms with Gasteiger partial charge in [-0.25, -0.2) is 4.98 Å². The highest BCUT2D eigenvalue weighted by molar-refractivity contribution is 7.08. The number of rotatable bonds is 8. The molecular formula is C21H22F3N5O3S. The summed E-state index contributed by atoms with van der Waals surface area (Å²) in [6.07, 6.45) is -3.39. The van der Waals surface area contributed by atoms with Crippen LogP contribution in [0.5, 0.6) is 5.06 Å². The van der Waals surface area contributed by atoms with E-state index in [4.69, 9.17) is 16.2 Å². The van der Waals surface area contributed by atoms with Crippen molar-refractivity contribution >= 4 is 28.8 Å². The van der Waals surface area contributed by atoms with Crippen molar-refractivity contribution < 1.29 is 27.8 Å². The number of nitrogen functional groups attached to an aromatic ring is 1. The van der Waals surface area contributed by atoms with Crippen molar-refractivity contribution in [2.24, 2.45) is 11.7 Å². The Balaban J connectivity index is 1.95. The fourth-order valence-corrected chi connectivity index (χ4v) is 3.53. The smallest absolute Gasteiger partial charge is 0.418 e. The van der Waals surface area contributed by atoms with Crippen LogP contribution < -0.4 is 21.5 Å². The lowest BCUT2D eigenvalue weighted by Crippen LogP contribution is -2.25. The number of aliphatic hydroxyl groups is 1. The first-order chi connectivity index (χ1) is 15.7. The van der Waals surface area contributed by atoms with E-state index in [1.807, 2.05) is 0 Å². The molecule has 176 valence electrons. The molecule has 0 aliphatic carbocycles. The Bertz CT molecular complexity index is 1130. The van der Waals surface area contributed by atoms with Crippen molar-refractivity contribution in [2.45, 2.75) is 13.1 Å². The summed E-state index contributed by atoms with van der Waals surface area (Å²) in [5, 5.41) is 12.0. The molecule has 12 heteroatoms. The molecule has 0 saturated heterocycles. The third-order valence-electron chi connectivity index (χ3n) is 4.80. The van der Waals surface area contributed by atoms with Crippen LogP contribution in [0.1, 0.15) is 21.6 Å². The predicted molar refractivity (Wildman–Crippen MR) is 119 cm³/mol. The quantitative estimate of drug-likeness (QED) is 0.387. The summed E-state index contributed by atoms with van der Waals surface area (Å²) in [4.78, 5) is 16.9. The molecule has 33 heavy (non-hydrogen) atoms. The van der Waals surface area contributed by atoms with Gasteiger partial charge in [-0.15, -0.1) is 0 Å². The van der Waals surface area contributed by atoms with Gasteiger partial charge in [0.25, 0.3) is 5.91 Å². The molecule has 6 N–H and O–H groups in total. The molecule has 3 aromatic rings.